The van der Waals surface area contributed by atoms with Crippen LogP contribution in [0.4, 0.5) is 4.39 Å². The third-order valence-electron chi connectivity index (χ3n) is 3.43. The van der Waals surface area contributed by atoms with Crippen molar-refractivity contribution >= 4 is 11.3 Å². The molecule has 1 atom stereocenters. The Morgan fingerprint density at radius 2 is 2.00 bits per heavy atom. The van der Waals surface area contributed by atoms with Crippen LogP contribution in [-0.4, -0.2) is 0 Å². The quantitative estimate of drug-likeness (QED) is 0.832. The lowest BCUT2D eigenvalue weighted by Gasteiger charge is -2.17. The van der Waals surface area contributed by atoms with Gasteiger partial charge in [0.15, 0.2) is 0 Å². The lowest BCUT2D eigenvalue weighted by atomic mass is 10.0. The Kier molecular flexibility index (Phi) is 4.72. The number of hydrogen-bond donors (Lipinski definition) is 1. The number of halogens is 1. The summed E-state index contributed by atoms with van der Waals surface area (Å²) in [4.78, 5) is 2.67. The van der Waals surface area contributed by atoms with Gasteiger partial charge in [0.05, 0.1) is 0 Å². The molecule has 102 valence electrons. The Morgan fingerprint density at radius 3 is 2.58 bits per heavy atom. The molecule has 0 radical (unpaired) electrons. The number of aryl methyl sites for hydroxylation is 2. The van der Waals surface area contributed by atoms with Crippen molar-refractivity contribution in [2.24, 2.45) is 0 Å². The predicted molar refractivity (Wildman–Crippen MR) is 80.1 cm³/mol. The number of nitrogens with one attached hydrogen (secondary N) is 1. The third kappa shape index (κ3) is 3.43. The second-order valence-electron chi connectivity index (χ2n) is 4.82. The minimum Gasteiger partial charge on any atom is -0.305 e. The molecule has 1 N–H and O–H groups in total. The van der Waals surface area contributed by atoms with Crippen molar-refractivity contribution in [2.45, 2.75) is 39.8 Å². The van der Waals surface area contributed by atoms with Crippen LogP contribution >= 0.6 is 11.3 Å². The molecule has 2 aromatic rings. The highest BCUT2D eigenvalue weighted by molar-refractivity contribution is 7.12. The molecule has 1 aromatic carbocycles. The van der Waals surface area contributed by atoms with Gasteiger partial charge < -0.3 is 5.32 Å². The molecule has 0 saturated heterocycles. The van der Waals surface area contributed by atoms with Gasteiger partial charge in [-0.1, -0.05) is 25.1 Å². The summed E-state index contributed by atoms with van der Waals surface area (Å²) in [5.41, 5.74) is 2.09. The number of rotatable bonds is 5. The van der Waals surface area contributed by atoms with Crippen molar-refractivity contribution in [3.8, 4) is 0 Å². The van der Waals surface area contributed by atoms with Crippen LogP contribution in [0.15, 0.2) is 30.3 Å². The van der Waals surface area contributed by atoms with E-state index in [0.29, 0.717) is 0 Å². The number of hydrogen-bond acceptors (Lipinski definition) is 2. The van der Waals surface area contributed by atoms with E-state index in [2.05, 4.69) is 32.2 Å². The van der Waals surface area contributed by atoms with Crippen LogP contribution < -0.4 is 5.32 Å². The Bertz CT molecular complexity index is 528. The van der Waals surface area contributed by atoms with Crippen LogP contribution in [-0.2, 0) is 6.54 Å². The molecule has 0 fully saturated rings. The summed E-state index contributed by atoms with van der Waals surface area (Å²) in [6, 6.07) is 9.30. The molecule has 0 amide bonds. The smallest absolute Gasteiger partial charge is 0.127 e. The normalized spacial score (nSPS) is 12.6. The maximum atomic E-state index is 13.8. The second-order valence-corrected chi connectivity index (χ2v) is 6.16. The molecule has 1 heterocycles. The highest BCUT2D eigenvalue weighted by atomic mass is 32.1. The van der Waals surface area contributed by atoms with E-state index in [4.69, 9.17) is 0 Å². The van der Waals surface area contributed by atoms with Crippen LogP contribution in [0.1, 0.15) is 40.3 Å². The SMILES string of the molecule is CCC(NCc1cc(C)c(C)s1)c1ccccc1F. The third-order valence-corrected chi connectivity index (χ3v) is 4.58. The van der Waals surface area contributed by atoms with Crippen LogP contribution in [0.2, 0.25) is 0 Å². The topological polar surface area (TPSA) is 12.0 Å². The summed E-state index contributed by atoms with van der Waals surface area (Å²) in [5.74, 6) is -0.125. The highest BCUT2D eigenvalue weighted by Gasteiger charge is 2.13. The highest BCUT2D eigenvalue weighted by Crippen LogP contribution is 2.23. The molecule has 3 heteroatoms. The lowest BCUT2D eigenvalue weighted by molar-refractivity contribution is 0.490. The van der Waals surface area contributed by atoms with Crippen molar-refractivity contribution in [2.75, 3.05) is 0 Å². The van der Waals surface area contributed by atoms with E-state index >= 15 is 0 Å². The minimum absolute atomic E-state index is 0.0731. The van der Waals surface area contributed by atoms with Crippen molar-refractivity contribution in [3.63, 3.8) is 0 Å². The zero-order chi connectivity index (χ0) is 13.8. The standard InChI is InChI=1S/C16H20FNS/c1-4-16(14-7-5-6-8-15(14)17)18-10-13-9-11(2)12(3)19-13/h5-9,16,18H,4,10H2,1-3H3. The Labute approximate surface area is 118 Å². The van der Waals surface area contributed by atoms with E-state index in [1.165, 1.54) is 21.4 Å². The molecule has 2 rings (SSSR count). The minimum atomic E-state index is -0.125. The van der Waals surface area contributed by atoms with Gasteiger partial charge in [0.1, 0.15) is 5.82 Å². The van der Waals surface area contributed by atoms with Gasteiger partial charge in [-0.05, 0) is 38.0 Å². The predicted octanol–water partition coefficient (Wildman–Crippen LogP) is 4.74. The largest absolute Gasteiger partial charge is 0.305 e. The summed E-state index contributed by atoms with van der Waals surface area (Å²) in [6.45, 7) is 7.14. The van der Waals surface area contributed by atoms with Gasteiger partial charge in [0, 0.05) is 27.9 Å². The van der Waals surface area contributed by atoms with Crippen LogP contribution in [0.25, 0.3) is 0 Å². The Hall–Kier alpha value is -1.19. The lowest BCUT2D eigenvalue weighted by Crippen LogP contribution is -2.20. The van der Waals surface area contributed by atoms with Gasteiger partial charge >= 0.3 is 0 Å². The summed E-state index contributed by atoms with van der Waals surface area (Å²) in [7, 11) is 0. The molecular weight excluding hydrogens is 257 g/mol. The first-order valence-corrected chi connectivity index (χ1v) is 7.47. The fourth-order valence-electron chi connectivity index (χ4n) is 2.19. The molecule has 19 heavy (non-hydrogen) atoms. The van der Waals surface area contributed by atoms with E-state index < -0.39 is 0 Å². The zero-order valence-electron chi connectivity index (χ0n) is 11.7. The van der Waals surface area contributed by atoms with E-state index in [9.17, 15) is 4.39 Å². The first-order chi connectivity index (χ1) is 9.11. The molecule has 0 saturated carbocycles. The molecule has 1 aromatic heterocycles. The van der Waals surface area contributed by atoms with Gasteiger partial charge in [-0.25, -0.2) is 4.39 Å². The van der Waals surface area contributed by atoms with Gasteiger partial charge in [-0.15, -0.1) is 11.3 Å². The van der Waals surface area contributed by atoms with Crippen molar-refractivity contribution in [3.05, 3.63) is 57.0 Å². The fraction of sp³-hybridized carbons (Fsp3) is 0.375. The average molecular weight is 277 g/mol. The Balaban J connectivity index is 2.06. The van der Waals surface area contributed by atoms with E-state index in [0.717, 1.165) is 18.5 Å². The number of thiophene rings is 1. The van der Waals surface area contributed by atoms with Crippen molar-refractivity contribution in [1.82, 2.24) is 5.32 Å². The molecule has 1 nitrogen and oxygen atoms in total. The second kappa shape index (κ2) is 6.31. The molecular formula is C16H20FNS. The van der Waals surface area contributed by atoms with Crippen LogP contribution in [0, 0.1) is 19.7 Å². The summed E-state index contributed by atoms with van der Waals surface area (Å²) < 4.78 is 13.8. The van der Waals surface area contributed by atoms with E-state index in [-0.39, 0.29) is 11.9 Å². The van der Waals surface area contributed by atoms with Crippen LogP contribution in [0.5, 0.6) is 0 Å². The van der Waals surface area contributed by atoms with Crippen molar-refractivity contribution in [1.29, 1.82) is 0 Å². The molecule has 0 bridgehead atoms. The first-order valence-electron chi connectivity index (χ1n) is 6.65. The van der Waals surface area contributed by atoms with Gasteiger partial charge in [0.25, 0.3) is 0 Å². The summed E-state index contributed by atoms with van der Waals surface area (Å²) in [6.07, 6.45) is 0.879. The monoisotopic (exact) mass is 277 g/mol. The Morgan fingerprint density at radius 1 is 1.26 bits per heavy atom. The molecule has 0 aliphatic carbocycles. The van der Waals surface area contributed by atoms with Crippen molar-refractivity contribution < 1.29 is 4.39 Å². The summed E-state index contributed by atoms with van der Waals surface area (Å²) in [5, 5.41) is 3.45. The molecule has 1 unspecified atom stereocenters. The van der Waals surface area contributed by atoms with E-state index in [1.807, 2.05) is 23.5 Å². The maximum Gasteiger partial charge on any atom is 0.127 e. The maximum absolute atomic E-state index is 13.8. The van der Waals surface area contributed by atoms with Crippen LogP contribution in [0.3, 0.4) is 0 Å². The van der Waals surface area contributed by atoms with E-state index in [1.54, 1.807) is 6.07 Å². The fourth-order valence-corrected chi connectivity index (χ4v) is 3.20. The molecule has 0 spiro atoms. The number of benzene rings is 1. The van der Waals surface area contributed by atoms with Gasteiger partial charge in [-0.2, -0.15) is 0 Å². The first kappa shape index (κ1) is 14.2. The molecule has 0 aliphatic heterocycles. The average Bonchev–Trinajstić information content (AvgIpc) is 2.71. The summed E-state index contributed by atoms with van der Waals surface area (Å²) >= 11 is 1.81. The van der Waals surface area contributed by atoms with Gasteiger partial charge in [-0.3, -0.25) is 0 Å². The molecule has 0 aliphatic rings. The van der Waals surface area contributed by atoms with Gasteiger partial charge in [0.2, 0.25) is 0 Å². The zero-order valence-corrected chi connectivity index (χ0v) is 12.5.